The molecule has 6 nitrogen and oxygen atoms in total. The zero-order chi connectivity index (χ0) is 23.2. The van der Waals surface area contributed by atoms with Crippen molar-refractivity contribution in [2.45, 2.75) is 25.8 Å². The summed E-state index contributed by atoms with van der Waals surface area (Å²) in [5.41, 5.74) is 2.86. The second-order valence-corrected chi connectivity index (χ2v) is 9.60. The molecule has 1 aliphatic heterocycles. The fourth-order valence-corrected chi connectivity index (χ4v) is 5.88. The quantitative estimate of drug-likeness (QED) is 0.363. The van der Waals surface area contributed by atoms with Crippen LogP contribution < -0.4 is 5.56 Å². The number of amides is 1. The van der Waals surface area contributed by atoms with Gasteiger partial charge in [-0.25, -0.2) is 9.97 Å². The van der Waals surface area contributed by atoms with E-state index in [1.807, 2.05) is 60.4 Å². The highest BCUT2D eigenvalue weighted by Crippen LogP contribution is 2.37. The molecule has 1 aliphatic rings. The maximum Gasteiger partial charge on any atom is 0.265 e. The van der Waals surface area contributed by atoms with Crippen LogP contribution in [0.15, 0.2) is 77.6 Å². The van der Waals surface area contributed by atoms with Crippen LogP contribution in [0.5, 0.6) is 0 Å². The average Bonchev–Trinajstić information content (AvgIpc) is 3.51. The summed E-state index contributed by atoms with van der Waals surface area (Å²) in [4.78, 5) is 37.8. The van der Waals surface area contributed by atoms with E-state index < -0.39 is 0 Å². The topological polar surface area (TPSA) is 68.1 Å². The molecule has 3 heterocycles. The van der Waals surface area contributed by atoms with Crippen molar-refractivity contribution in [3.8, 4) is 5.69 Å². The van der Waals surface area contributed by atoms with Crippen molar-refractivity contribution in [1.82, 2.24) is 19.4 Å². The molecule has 1 unspecified atom stereocenters. The number of aromatic nitrogens is 3. The van der Waals surface area contributed by atoms with Crippen molar-refractivity contribution in [3.05, 3.63) is 99.5 Å². The number of carbonyl (C=O) groups excluding carboxylic acids is 1. The van der Waals surface area contributed by atoms with Gasteiger partial charge in [-0.2, -0.15) is 0 Å². The van der Waals surface area contributed by atoms with E-state index in [-0.39, 0.29) is 17.5 Å². The van der Waals surface area contributed by atoms with Crippen LogP contribution >= 0.6 is 11.3 Å². The summed E-state index contributed by atoms with van der Waals surface area (Å²) in [5, 5.41) is 1.57. The van der Waals surface area contributed by atoms with E-state index in [0.29, 0.717) is 34.5 Å². The summed E-state index contributed by atoms with van der Waals surface area (Å²) in [5.74, 6) is 0.604. The standard InChI is InChI=1S/C27H22N4O2S/c1-17-28-21-8-3-2-7-20(21)27(33)31(17)19-14-12-18(13-15-19)26(32)30-16-6-10-23(30)25-29-22-9-4-5-11-24(22)34-25/h2-5,7-9,11-15,23H,6,10,16H2,1H3. The van der Waals surface area contributed by atoms with Gasteiger partial charge in [0.2, 0.25) is 0 Å². The molecular formula is C27H22N4O2S. The van der Waals surface area contributed by atoms with Gasteiger partial charge in [0.1, 0.15) is 10.8 Å². The van der Waals surface area contributed by atoms with Crippen molar-refractivity contribution in [1.29, 1.82) is 0 Å². The van der Waals surface area contributed by atoms with Gasteiger partial charge in [0, 0.05) is 12.1 Å². The van der Waals surface area contributed by atoms with Crippen molar-refractivity contribution in [2.24, 2.45) is 0 Å². The molecule has 6 rings (SSSR count). The number of likely N-dealkylation sites (tertiary alicyclic amines) is 1. The Labute approximate surface area is 200 Å². The molecular weight excluding hydrogens is 444 g/mol. The fourth-order valence-electron chi connectivity index (χ4n) is 4.77. The van der Waals surface area contributed by atoms with Crippen LogP contribution in [0.25, 0.3) is 26.8 Å². The zero-order valence-electron chi connectivity index (χ0n) is 18.6. The predicted molar refractivity (Wildman–Crippen MR) is 135 cm³/mol. The number of benzene rings is 3. The van der Waals surface area contributed by atoms with Crippen molar-refractivity contribution in [2.75, 3.05) is 6.54 Å². The molecule has 0 N–H and O–H groups in total. The van der Waals surface area contributed by atoms with Crippen molar-refractivity contribution in [3.63, 3.8) is 0 Å². The van der Waals surface area contributed by atoms with Gasteiger partial charge in [-0.3, -0.25) is 14.2 Å². The Kier molecular flexibility index (Phi) is 4.99. The molecule has 1 fully saturated rings. The van der Waals surface area contributed by atoms with Crippen molar-refractivity contribution < 1.29 is 4.79 Å². The lowest BCUT2D eigenvalue weighted by molar-refractivity contribution is 0.0735. The number of thiazole rings is 1. The van der Waals surface area contributed by atoms with E-state index in [4.69, 9.17) is 4.98 Å². The second-order valence-electron chi connectivity index (χ2n) is 8.54. The number of fused-ring (bicyclic) bond motifs is 2. The zero-order valence-corrected chi connectivity index (χ0v) is 19.5. The van der Waals surface area contributed by atoms with E-state index in [9.17, 15) is 9.59 Å². The minimum atomic E-state index is -0.113. The molecule has 3 aromatic carbocycles. The van der Waals surface area contributed by atoms with Crippen LogP contribution in [0.3, 0.4) is 0 Å². The van der Waals surface area contributed by atoms with Crippen LogP contribution in [-0.4, -0.2) is 31.9 Å². The smallest absolute Gasteiger partial charge is 0.265 e. The molecule has 0 spiro atoms. The summed E-state index contributed by atoms with van der Waals surface area (Å²) in [6, 6.07) is 22.7. The number of hydrogen-bond donors (Lipinski definition) is 0. The van der Waals surface area contributed by atoms with Gasteiger partial charge < -0.3 is 4.90 Å². The highest BCUT2D eigenvalue weighted by atomic mass is 32.1. The third-order valence-corrected chi connectivity index (χ3v) is 7.56. The number of aryl methyl sites for hydroxylation is 1. The Hall–Kier alpha value is -3.84. The van der Waals surface area contributed by atoms with E-state index in [1.165, 1.54) is 0 Å². The maximum atomic E-state index is 13.4. The van der Waals surface area contributed by atoms with Gasteiger partial charge in [0.05, 0.1) is 32.8 Å². The summed E-state index contributed by atoms with van der Waals surface area (Å²) < 4.78 is 2.74. The molecule has 1 atom stereocenters. The lowest BCUT2D eigenvalue weighted by Crippen LogP contribution is -2.30. The number of rotatable bonds is 3. The van der Waals surface area contributed by atoms with Crippen LogP contribution in [0.1, 0.15) is 40.1 Å². The van der Waals surface area contributed by atoms with Gasteiger partial charge in [-0.15, -0.1) is 11.3 Å². The normalized spacial score (nSPS) is 15.9. The van der Waals surface area contributed by atoms with Crippen LogP contribution in [0.4, 0.5) is 0 Å². The lowest BCUT2D eigenvalue weighted by atomic mass is 10.1. The Morgan fingerprint density at radius 3 is 2.47 bits per heavy atom. The van der Waals surface area contributed by atoms with E-state index in [2.05, 4.69) is 11.1 Å². The average molecular weight is 467 g/mol. The summed E-state index contributed by atoms with van der Waals surface area (Å²) in [6.45, 7) is 2.54. The number of hydrogen-bond acceptors (Lipinski definition) is 5. The Bertz CT molecular complexity index is 1570. The maximum absolute atomic E-state index is 13.4. The van der Waals surface area contributed by atoms with Gasteiger partial charge in [-0.05, 0) is 68.3 Å². The van der Waals surface area contributed by atoms with Crippen LogP contribution in [-0.2, 0) is 0 Å². The third kappa shape index (κ3) is 3.40. The Balaban J connectivity index is 1.31. The first-order valence-corrected chi connectivity index (χ1v) is 12.2. The molecule has 168 valence electrons. The highest BCUT2D eigenvalue weighted by Gasteiger charge is 2.32. The molecule has 1 amide bonds. The fraction of sp³-hybridized carbons (Fsp3) is 0.185. The Morgan fingerprint density at radius 2 is 1.68 bits per heavy atom. The van der Waals surface area contributed by atoms with E-state index >= 15 is 0 Å². The van der Waals surface area contributed by atoms with Crippen molar-refractivity contribution >= 4 is 38.4 Å². The highest BCUT2D eigenvalue weighted by molar-refractivity contribution is 7.18. The molecule has 34 heavy (non-hydrogen) atoms. The predicted octanol–water partition coefficient (Wildman–Crippen LogP) is 5.28. The number of nitrogens with zero attached hydrogens (tertiary/aromatic N) is 4. The molecule has 0 saturated carbocycles. The minimum absolute atomic E-state index is 0.000807. The van der Waals surface area contributed by atoms with Gasteiger partial charge >= 0.3 is 0 Å². The van der Waals surface area contributed by atoms with Gasteiger partial charge in [0.15, 0.2) is 0 Å². The number of carbonyl (C=O) groups is 1. The minimum Gasteiger partial charge on any atom is -0.329 e. The second kappa shape index (κ2) is 8.18. The van der Waals surface area contributed by atoms with E-state index in [1.54, 1.807) is 34.1 Å². The molecule has 0 aliphatic carbocycles. The largest absolute Gasteiger partial charge is 0.329 e. The van der Waals surface area contributed by atoms with Crippen LogP contribution in [0.2, 0.25) is 0 Å². The Morgan fingerprint density at radius 1 is 0.941 bits per heavy atom. The summed E-state index contributed by atoms with van der Waals surface area (Å²) >= 11 is 1.66. The third-order valence-electron chi connectivity index (χ3n) is 6.43. The lowest BCUT2D eigenvalue weighted by Gasteiger charge is -2.23. The molecule has 7 heteroatoms. The molecule has 5 aromatic rings. The first-order chi connectivity index (χ1) is 16.6. The SMILES string of the molecule is Cc1nc2ccccc2c(=O)n1-c1ccc(C(=O)N2CCCC2c2nc3ccccc3s2)cc1. The van der Waals surface area contributed by atoms with Crippen LogP contribution in [0, 0.1) is 6.92 Å². The monoisotopic (exact) mass is 466 g/mol. The molecule has 2 aromatic heterocycles. The number of para-hydroxylation sites is 2. The molecule has 0 radical (unpaired) electrons. The molecule has 0 bridgehead atoms. The summed E-state index contributed by atoms with van der Waals surface area (Å²) in [6.07, 6.45) is 1.88. The first-order valence-electron chi connectivity index (χ1n) is 11.4. The molecule has 1 saturated heterocycles. The van der Waals surface area contributed by atoms with Gasteiger partial charge in [0.25, 0.3) is 11.5 Å². The van der Waals surface area contributed by atoms with E-state index in [0.717, 1.165) is 28.1 Å². The summed E-state index contributed by atoms with van der Waals surface area (Å²) in [7, 11) is 0. The first kappa shape index (κ1) is 20.7. The van der Waals surface area contributed by atoms with Gasteiger partial charge in [-0.1, -0.05) is 24.3 Å².